The molecule has 12 heavy (non-hydrogen) atoms. The summed E-state index contributed by atoms with van der Waals surface area (Å²) in [5.74, 6) is 0. The first kappa shape index (κ1) is 7.81. The Kier molecular flexibility index (Phi) is 1.69. The molecule has 1 N–H and O–H groups in total. The van der Waals surface area contributed by atoms with Crippen molar-refractivity contribution >= 4 is 0 Å². The highest BCUT2D eigenvalue weighted by Gasteiger charge is 2.29. The lowest BCUT2D eigenvalue weighted by atomic mass is 9.92. The van der Waals surface area contributed by atoms with E-state index in [1.54, 1.807) is 0 Å². The van der Waals surface area contributed by atoms with Gasteiger partial charge in [0.15, 0.2) is 0 Å². The predicted molar refractivity (Wildman–Crippen MR) is 50.1 cm³/mol. The molecule has 1 nitrogen and oxygen atoms in total. The molecule has 2 aliphatic rings. The highest BCUT2D eigenvalue weighted by Crippen LogP contribution is 2.33. The van der Waals surface area contributed by atoms with Crippen molar-refractivity contribution < 1.29 is 4.90 Å². The van der Waals surface area contributed by atoms with Crippen molar-refractivity contribution in [1.29, 1.82) is 0 Å². The first-order valence-electron chi connectivity index (χ1n) is 4.52. The minimum atomic E-state index is 1.07. The van der Waals surface area contributed by atoms with Crippen molar-refractivity contribution in [3.05, 3.63) is 42.7 Å². The van der Waals surface area contributed by atoms with Crippen LogP contribution < -0.4 is 4.90 Å². The Hall–Kier alpha value is -0.820. The van der Waals surface area contributed by atoms with Gasteiger partial charge in [-0.15, -0.1) is 7.05 Å². The zero-order chi connectivity index (χ0) is 8.72. The van der Waals surface area contributed by atoms with Crippen LogP contribution in [-0.2, 0) is 0 Å². The molecular formula is C11H15N. The molecule has 0 saturated carbocycles. The van der Waals surface area contributed by atoms with Gasteiger partial charge in [-0.25, -0.2) is 0 Å². The van der Waals surface area contributed by atoms with Gasteiger partial charge < -0.3 is 4.90 Å². The minimum Gasteiger partial charge on any atom is -0.403 e. The largest absolute Gasteiger partial charge is 0.403 e. The van der Waals surface area contributed by atoms with Gasteiger partial charge in [0, 0.05) is 11.1 Å². The Morgan fingerprint density at radius 2 is 1.42 bits per heavy atom. The quantitative estimate of drug-likeness (QED) is 0.514. The van der Waals surface area contributed by atoms with E-state index in [-0.39, 0.29) is 0 Å². The number of hydrogen-bond acceptors (Lipinski definition) is 0. The SMILES string of the molecule is C=C1C2=C(CCCC2)C(=C)[NH+]1[CH2-]. The second kappa shape index (κ2) is 2.60. The summed E-state index contributed by atoms with van der Waals surface area (Å²) in [6.07, 6.45) is 4.98. The van der Waals surface area contributed by atoms with Crippen molar-refractivity contribution in [2.45, 2.75) is 25.7 Å². The van der Waals surface area contributed by atoms with Crippen molar-refractivity contribution in [3.8, 4) is 0 Å². The Morgan fingerprint density at radius 1 is 1.00 bits per heavy atom. The molecule has 0 unspecified atom stereocenters. The number of allylic oxidation sites excluding steroid dienone is 2. The summed E-state index contributed by atoms with van der Waals surface area (Å²) in [6.45, 7) is 8.10. The zero-order valence-corrected chi connectivity index (χ0v) is 7.45. The maximum Gasteiger partial charge on any atom is 0.106 e. The van der Waals surface area contributed by atoms with Crippen molar-refractivity contribution in [2.24, 2.45) is 0 Å². The highest BCUT2D eigenvalue weighted by molar-refractivity contribution is 5.44. The average Bonchev–Trinajstić information content (AvgIpc) is 2.33. The van der Waals surface area contributed by atoms with Crippen LogP contribution in [-0.4, -0.2) is 0 Å². The smallest absolute Gasteiger partial charge is 0.106 e. The molecule has 0 aromatic rings. The van der Waals surface area contributed by atoms with E-state index in [1.165, 1.54) is 36.8 Å². The van der Waals surface area contributed by atoms with Gasteiger partial charge in [-0.3, -0.25) is 0 Å². The summed E-state index contributed by atoms with van der Waals surface area (Å²) in [6, 6.07) is 0. The zero-order valence-electron chi connectivity index (χ0n) is 7.45. The lowest BCUT2D eigenvalue weighted by Crippen LogP contribution is -3.01. The van der Waals surface area contributed by atoms with Gasteiger partial charge in [-0.2, -0.15) is 0 Å². The molecule has 0 aromatic carbocycles. The van der Waals surface area contributed by atoms with E-state index in [0.717, 1.165) is 16.3 Å². The third-order valence-corrected chi connectivity index (χ3v) is 2.92. The van der Waals surface area contributed by atoms with Crippen LogP contribution in [0.1, 0.15) is 25.7 Å². The van der Waals surface area contributed by atoms with Crippen molar-refractivity contribution in [3.63, 3.8) is 0 Å². The molecular weight excluding hydrogens is 146 g/mol. The molecule has 0 fully saturated rings. The minimum absolute atomic E-state index is 1.07. The molecule has 1 aliphatic carbocycles. The van der Waals surface area contributed by atoms with Crippen LogP contribution in [0.3, 0.4) is 0 Å². The van der Waals surface area contributed by atoms with E-state index in [2.05, 4.69) is 20.2 Å². The van der Waals surface area contributed by atoms with Gasteiger partial charge in [0.1, 0.15) is 11.4 Å². The van der Waals surface area contributed by atoms with Crippen LogP contribution in [0, 0.1) is 7.05 Å². The van der Waals surface area contributed by atoms with Crippen LogP contribution in [0.5, 0.6) is 0 Å². The third-order valence-electron chi connectivity index (χ3n) is 2.92. The van der Waals surface area contributed by atoms with E-state index in [0.29, 0.717) is 0 Å². The van der Waals surface area contributed by atoms with Crippen molar-refractivity contribution in [1.82, 2.24) is 0 Å². The van der Waals surface area contributed by atoms with Crippen LogP contribution in [0.15, 0.2) is 35.7 Å². The lowest BCUT2D eigenvalue weighted by molar-refractivity contribution is -0.757. The van der Waals surface area contributed by atoms with Gasteiger partial charge in [-0.1, -0.05) is 0 Å². The fourth-order valence-corrected chi connectivity index (χ4v) is 2.12. The Balaban J connectivity index is 2.41. The molecule has 1 aliphatic heterocycles. The monoisotopic (exact) mass is 161 g/mol. The van der Waals surface area contributed by atoms with Gasteiger partial charge in [0.2, 0.25) is 0 Å². The van der Waals surface area contributed by atoms with Crippen LogP contribution >= 0.6 is 0 Å². The van der Waals surface area contributed by atoms with E-state index in [4.69, 9.17) is 0 Å². The van der Waals surface area contributed by atoms with Crippen LogP contribution in [0.4, 0.5) is 0 Å². The molecule has 0 spiro atoms. The number of hydrogen-bond donors (Lipinski definition) is 1. The molecule has 0 amide bonds. The summed E-state index contributed by atoms with van der Waals surface area (Å²) in [4.78, 5) is 1.07. The van der Waals surface area contributed by atoms with Gasteiger partial charge in [-0.05, 0) is 38.8 Å². The average molecular weight is 161 g/mol. The Bertz CT molecular complexity index is 255. The van der Waals surface area contributed by atoms with Crippen LogP contribution in [0.25, 0.3) is 0 Å². The Labute approximate surface area is 74.1 Å². The van der Waals surface area contributed by atoms with E-state index < -0.39 is 0 Å². The van der Waals surface area contributed by atoms with Gasteiger partial charge >= 0.3 is 0 Å². The second-order valence-electron chi connectivity index (χ2n) is 3.60. The highest BCUT2D eigenvalue weighted by atomic mass is 15.1. The topological polar surface area (TPSA) is 4.44 Å². The number of nitrogens with one attached hydrogen (secondary N) is 1. The third kappa shape index (κ3) is 0.896. The van der Waals surface area contributed by atoms with E-state index >= 15 is 0 Å². The molecule has 0 saturated heterocycles. The summed E-state index contributed by atoms with van der Waals surface area (Å²) in [5, 5.41) is 0. The molecule has 1 heterocycles. The fraction of sp³-hybridized carbons (Fsp3) is 0.364. The molecule has 64 valence electrons. The first-order chi connectivity index (χ1) is 5.72. The molecule has 0 atom stereocenters. The summed E-state index contributed by atoms with van der Waals surface area (Å²) in [5.41, 5.74) is 5.18. The second-order valence-corrected chi connectivity index (χ2v) is 3.60. The van der Waals surface area contributed by atoms with Crippen LogP contribution in [0.2, 0.25) is 0 Å². The van der Waals surface area contributed by atoms with Gasteiger partial charge in [0.25, 0.3) is 0 Å². The fourth-order valence-electron chi connectivity index (χ4n) is 2.12. The number of quaternary nitrogens is 1. The Morgan fingerprint density at radius 3 is 1.83 bits per heavy atom. The molecule has 2 rings (SSSR count). The van der Waals surface area contributed by atoms with E-state index in [9.17, 15) is 0 Å². The summed E-state index contributed by atoms with van der Waals surface area (Å²) < 4.78 is 0. The van der Waals surface area contributed by atoms with Crippen molar-refractivity contribution in [2.75, 3.05) is 0 Å². The molecule has 1 heteroatoms. The van der Waals surface area contributed by atoms with E-state index in [1.807, 2.05) is 0 Å². The van der Waals surface area contributed by atoms with Gasteiger partial charge in [0.05, 0.1) is 0 Å². The summed E-state index contributed by atoms with van der Waals surface area (Å²) in [7, 11) is 4.00. The first-order valence-corrected chi connectivity index (χ1v) is 4.52. The number of rotatable bonds is 0. The molecule has 0 radical (unpaired) electrons. The maximum absolute atomic E-state index is 4.05. The normalized spacial score (nSPS) is 25.1. The standard InChI is InChI=1S/C11H15N/c1-8-10-6-4-5-7-11(10)9(2)12(8)3/h12H,1-7H2. The predicted octanol–water partition coefficient (Wildman–Crippen LogP) is 1.57. The lowest BCUT2D eigenvalue weighted by Gasteiger charge is -2.15. The molecule has 0 bridgehead atoms. The summed E-state index contributed by atoms with van der Waals surface area (Å²) >= 11 is 0. The maximum atomic E-state index is 4.05. The molecule has 0 aromatic heterocycles.